The number of hydrogen-bond acceptors (Lipinski definition) is 6. The molecule has 1 aromatic carbocycles. The number of anilines is 3. The Morgan fingerprint density at radius 1 is 0.968 bits per heavy atom. The van der Waals surface area contributed by atoms with Crippen LogP contribution >= 0.6 is 0 Å². The first-order valence-corrected chi connectivity index (χ1v) is 12.4. The van der Waals surface area contributed by atoms with Gasteiger partial charge in [-0.1, -0.05) is 6.08 Å². The largest absolute Gasteiger partial charge is 0.372 e. The molecule has 2 saturated heterocycles. The van der Waals surface area contributed by atoms with Crippen LogP contribution in [-0.4, -0.2) is 64.1 Å². The molecule has 0 radical (unpaired) electrons. The molecular weight excluding hydrogens is 410 g/mol. The molecule has 2 aliphatic heterocycles. The number of benzene rings is 1. The van der Waals surface area contributed by atoms with E-state index in [0.29, 0.717) is 11.4 Å². The predicted molar refractivity (Wildman–Crippen MR) is 127 cm³/mol. The predicted octanol–water partition coefficient (Wildman–Crippen LogP) is 3.10. The zero-order chi connectivity index (χ0) is 21.8. The molecule has 1 N–H and O–H groups in total. The summed E-state index contributed by atoms with van der Waals surface area (Å²) in [5, 5.41) is 0. The van der Waals surface area contributed by atoms with E-state index in [-0.39, 0.29) is 4.90 Å². The molecular formula is C23H31N5O2S. The molecule has 0 saturated carbocycles. The highest BCUT2D eigenvalue weighted by Gasteiger charge is 2.20. The smallest absolute Gasteiger partial charge is 0.261 e. The summed E-state index contributed by atoms with van der Waals surface area (Å²) < 4.78 is 28.5. The number of nitrogens with zero attached hydrogens (tertiary/aromatic N) is 4. The van der Waals surface area contributed by atoms with Gasteiger partial charge in [-0.2, -0.15) is 0 Å². The summed E-state index contributed by atoms with van der Waals surface area (Å²) in [4.78, 5) is 11.8. The number of hydrogen-bond donors (Lipinski definition) is 1. The minimum Gasteiger partial charge on any atom is -0.372 e. The van der Waals surface area contributed by atoms with Gasteiger partial charge in [-0.05, 0) is 56.2 Å². The molecule has 0 unspecified atom stereocenters. The zero-order valence-electron chi connectivity index (χ0n) is 18.1. The summed E-state index contributed by atoms with van der Waals surface area (Å²) >= 11 is 0. The van der Waals surface area contributed by atoms with Gasteiger partial charge < -0.3 is 9.80 Å². The fourth-order valence-corrected chi connectivity index (χ4v) is 5.31. The molecule has 2 fully saturated rings. The molecule has 2 aromatic rings. The van der Waals surface area contributed by atoms with Crippen LogP contribution in [0.25, 0.3) is 0 Å². The molecule has 31 heavy (non-hydrogen) atoms. The number of nitrogens with one attached hydrogen (secondary N) is 1. The van der Waals surface area contributed by atoms with Crippen LogP contribution in [0.2, 0.25) is 0 Å². The summed E-state index contributed by atoms with van der Waals surface area (Å²) in [5.74, 6) is 0.883. The fraction of sp³-hybridized carbons (Fsp3) is 0.435. The van der Waals surface area contributed by atoms with Crippen molar-refractivity contribution in [3.8, 4) is 0 Å². The first-order chi connectivity index (χ1) is 15.0. The molecule has 3 heterocycles. The molecule has 0 spiro atoms. The highest BCUT2D eigenvalue weighted by Crippen LogP contribution is 2.25. The minimum absolute atomic E-state index is 0.261. The van der Waals surface area contributed by atoms with Crippen molar-refractivity contribution < 1.29 is 8.42 Å². The molecule has 7 nitrogen and oxygen atoms in total. The average Bonchev–Trinajstić information content (AvgIpc) is 3.31. The normalized spacial score (nSPS) is 17.7. The number of pyridine rings is 1. The Labute approximate surface area is 185 Å². The van der Waals surface area contributed by atoms with E-state index in [0.717, 1.165) is 57.3 Å². The molecule has 166 valence electrons. The standard InChI is InChI=1S/C23H31N5O2S/c1-3-12-26-15-17-28(18-16-26)23-11-10-22(19(2)24-23)25-31(29,30)21-8-6-20(7-9-21)27-13-4-5-14-27/h3,6-11,25H,1,4-5,12-18H2,2H3. The summed E-state index contributed by atoms with van der Waals surface area (Å²) in [7, 11) is -3.67. The van der Waals surface area contributed by atoms with E-state index in [1.165, 1.54) is 12.8 Å². The summed E-state index contributed by atoms with van der Waals surface area (Å²) in [6, 6.07) is 10.8. The van der Waals surface area contributed by atoms with E-state index >= 15 is 0 Å². The van der Waals surface area contributed by atoms with Crippen LogP contribution in [0.4, 0.5) is 17.2 Å². The number of aryl methyl sites for hydroxylation is 1. The van der Waals surface area contributed by atoms with Gasteiger partial charge in [0.05, 0.1) is 16.3 Å². The van der Waals surface area contributed by atoms with Crippen molar-refractivity contribution in [2.45, 2.75) is 24.7 Å². The number of sulfonamides is 1. The van der Waals surface area contributed by atoms with Crippen molar-refractivity contribution in [1.82, 2.24) is 9.88 Å². The van der Waals surface area contributed by atoms with Gasteiger partial charge in [0.2, 0.25) is 0 Å². The monoisotopic (exact) mass is 441 g/mol. The van der Waals surface area contributed by atoms with Gasteiger partial charge >= 0.3 is 0 Å². The highest BCUT2D eigenvalue weighted by molar-refractivity contribution is 7.92. The molecule has 1 aromatic heterocycles. The highest BCUT2D eigenvalue weighted by atomic mass is 32.2. The molecule has 0 bridgehead atoms. The second-order valence-electron chi connectivity index (χ2n) is 8.17. The Kier molecular flexibility index (Phi) is 6.48. The van der Waals surface area contributed by atoms with Crippen molar-refractivity contribution in [2.24, 2.45) is 0 Å². The molecule has 0 aliphatic carbocycles. The summed E-state index contributed by atoms with van der Waals surface area (Å²) in [6.45, 7) is 12.3. The third-order valence-electron chi connectivity index (χ3n) is 6.02. The van der Waals surface area contributed by atoms with E-state index < -0.39 is 10.0 Å². The van der Waals surface area contributed by atoms with Crippen molar-refractivity contribution >= 4 is 27.2 Å². The van der Waals surface area contributed by atoms with E-state index in [2.05, 4.69) is 31.0 Å². The second-order valence-corrected chi connectivity index (χ2v) is 9.85. The molecule has 0 amide bonds. The molecule has 0 atom stereocenters. The number of rotatable bonds is 7. The topological polar surface area (TPSA) is 68.8 Å². The van der Waals surface area contributed by atoms with Gasteiger partial charge in [-0.15, -0.1) is 6.58 Å². The van der Waals surface area contributed by atoms with Gasteiger partial charge in [0.1, 0.15) is 5.82 Å². The average molecular weight is 442 g/mol. The van der Waals surface area contributed by atoms with E-state index in [1.807, 2.05) is 37.3 Å². The molecule has 4 rings (SSSR count). The second kappa shape index (κ2) is 9.28. The molecule has 8 heteroatoms. The maximum atomic E-state index is 12.9. The van der Waals surface area contributed by atoms with Gasteiger partial charge in [0, 0.05) is 51.5 Å². The van der Waals surface area contributed by atoms with Crippen molar-refractivity contribution in [2.75, 3.05) is 60.3 Å². The number of aromatic nitrogens is 1. The third-order valence-corrected chi connectivity index (χ3v) is 7.40. The Balaban J connectivity index is 1.43. The Bertz CT molecular complexity index is 1010. The maximum Gasteiger partial charge on any atom is 0.261 e. The SMILES string of the molecule is C=CCN1CCN(c2ccc(NS(=O)(=O)c3ccc(N4CCCC4)cc3)c(C)n2)CC1. The van der Waals surface area contributed by atoms with Gasteiger partial charge in [-0.3, -0.25) is 9.62 Å². The summed E-state index contributed by atoms with van der Waals surface area (Å²) in [5.41, 5.74) is 2.26. The fourth-order valence-electron chi connectivity index (χ4n) is 4.19. The van der Waals surface area contributed by atoms with E-state index in [4.69, 9.17) is 0 Å². The van der Waals surface area contributed by atoms with Gasteiger partial charge in [0.25, 0.3) is 10.0 Å². The van der Waals surface area contributed by atoms with Crippen LogP contribution in [0.1, 0.15) is 18.5 Å². The van der Waals surface area contributed by atoms with Crippen LogP contribution < -0.4 is 14.5 Å². The first kappa shape index (κ1) is 21.6. The Hall–Kier alpha value is -2.58. The summed E-state index contributed by atoms with van der Waals surface area (Å²) in [6.07, 6.45) is 4.31. The lowest BCUT2D eigenvalue weighted by molar-refractivity contribution is 0.283. The quantitative estimate of drug-likeness (QED) is 0.666. The lowest BCUT2D eigenvalue weighted by Crippen LogP contribution is -2.46. The van der Waals surface area contributed by atoms with E-state index in [1.54, 1.807) is 12.1 Å². The Morgan fingerprint density at radius 2 is 1.65 bits per heavy atom. The van der Waals surface area contributed by atoms with Crippen molar-refractivity contribution in [1.29, 1.82) is 0 Å². The van der Waals surface area contributed by atoms with Gasteiger partial charge in [-0.25, -0.2) is 13.4 Å². The Morgan fingerprint density at radius 3 is 2.26 bits per heavy atom. The van der Waals surface area contributed by atoms with Crippen LogP contribution in [0.15, 0.2) is 53.9 Å². The van der Waals surface area contributed by atoms with Crippen LogP contribution in [0.3, 0.4) is 0 Å². The molecule has 2 aliphatic rings. The lowest BCUT2D eigenvalue weighted by atomic mass is 10.2. The van der Waals surface area contributed by atoms with E-state index in [9.17, 15) is 8.42 Å². The number of piperazine rings is 1. The van der Waals surface area contributed by atoms with Gasteiger partial charge in [0.15, 0.2) is 0 Å². The van der Waals surface area contributed by atoms with Crippen LogP contribution in [-0.2, 0) is 10.0 Å². The lowest BCUT2D eigenvalue weighted by Gasteiger charge is -2.35. The van der Waals surface area contributed by atoms with Crippen molar-refractivity contribution in [3.05, 3.63) is 54.7 Å². The third kappa shape index (κ3) is 5.02. The zero-order valence-corrected chi connectivity index (χ0v) is 18.9. The van der Waals surface area contributed by atoms with Crippen LogP contribution in [0.5, 0.6) is 0 Å². The van der Waals surface area contributed by atoms with Crippen molar-refractivity contribution in [3.63, 3.8) is 0 Å². The first-order valence-electron chi connectivity index (χ1n) is 10.9. The van der Waals surface area contributed by atoms with Crippen LogP contribution in [0, 0.1) is 6.92 Å². The minimum atomic E-state index is -3.67. The maximum absolute atomic E-state index is 12.9.